The maximum absolute atomic E-state index is 13.6. The van der Waals surface area contributed by atoms with E-state index in [2.05, 4.69) is 10.6 Å². The molecule has 24 heavy (non-hydrogen) atoms. The van der Waals surface area contributed by atoms with Crippen LogP contribution >= 0.6 is 0 Å². The Hall–Kier alpha value is -3.07. The number of benzene rings is 2. The molecule has 1 amide bonds. The third kappa shape index (κ3) is 4.99. The van der Waals surface area contributed by atoms with Gasteiger partial charge in [0.2, 0.25) is 5.91 Å². The number of amides is 1. The number of nitriles is 1. The Kier molecular flexibility index (Phi) is 5.74. The highest BCUT2D eigenvalue weighted by molar-refractivity contribution is 5.93. The summed E-state index contributed by atoms with van der Waals surface area (Å²) in [5, 5.41) is 14.2. The molecule has 5 nitrogen and oxygen atoms in total. The van der Waals surface area contributed by atoms with Crippen molar-refractivity contribution >= 4 is 17.3 Å². The zero-order valence-corrected chi connectivity index (χ0v) is 13.5. The van der Waals surface area contributed by atoms with Crippen molar-refractivity contribution < 1.29 is 13.9 Å². The fourth-order valence-electron chi connectivity index (χ4n) is 2.00. The lowest BCUT2D eigenvalue weighted by molar-refractivity contribution is -0.114. The van der Waals surface area contributed by atoms with Crippen LogP contribution in [-0.4, -0.2) is 18.6 Å². The Morgan fingerprint density at radius 1 is 1.25 bits per heavy atom. The average Bonchev–Trinajstić information content (AvgIpc) is 2.55. The molecule has 2 N–H and O–H groups in total. The highest BCUT2D eigenvalue weighted by Gasteiger charge is 2.07. The third-order valence-electron chi connectivity index (χ3n) is 3.04. The van der Waals surface area contributed by atoms with Crippen LogP contribution in [0.25, 0.3) is 0 Å². The minimum Gasteiger partial charge on any atom is -0.491 e. The molecule has 0 heterocycles. The van der Waals surface area contributed by atoms with Gasteiger partial charge in [-0.25, -0.2) is 4.39 Å². The number of anilines is 2. The van der Waals surface area contributed by atoms with E-state index in [1.54, 1.807) is 24.3 Å². The van der Waals surface area contributed by atoms with E-state index in [-0.39, 0.29) is 24.2 Å². The Morgan fingerprint density at radius 2 is 1.96 bits per heavy atom. The van der Waals surface area contributed by atoms with E-state index < -0.39 is 5.82 Å². The van der Waals surface area contributed by atoms with Crippen LogP contribution in [0.3, 0.4) is 0 Å². The molecule has 0 aromatic heterocycles. The molecule has 0 fully saturated rings. The molecule has 0 radical (unpaired) electrons. The zero-order chi connectivity index (χ0) is 17.5. The highest BCUT2D eigenvalue weighted by atomic mass is 19.1. The van der Waals surface area contributed by atoms with E-state index in [0.29, 0.717) is 11.3 Å². The van der Waals surface area contributed by atoms with Crippen LogP contribution in [0.1, 0.15) is 19.4 Å². The van der Waals surface area contributed by atoms with Crippen LogP contribution in [0.5, 0.6) is 5.75 Å². The summed E-state index contributed by atoms with van der Waals surface area (Å²) in [5.74, 6) is -0.122. The van der Waals surface area contributed by atoms with Gasteiger partial charge in [-0.15, -0.1) is 0 Å². The van der Waals surface area contributed by atoms with Gasteiger partial charge in [0, 0.05) is 5.69 Å². The molecule has 0 saturated heterocycles. The summed E-state index contributed by atoms with van der Waals surface area (Å²) in [6.07, 6.45) is 0.0775. The normalized spacial score (nSPS) is 10.1. The van der Waals surface area contributed by atoms with Gasteiger partial charge < -0.3 is 15.4 Å². The van der Waals surface area contributed by atoms with Crippen LogP contribution in [0, 0.1) is 17.1 Å². The molecular weight excluding hydrogens is 309 g/mol. The quantitative estimate of drug-likeness (QED) is 0.851. The third-order valence-corrected chi connectivity index (χ3v) is 3.04. The van der Waals surface area contributed by atoms with Gasteiger partial charge in [-0.1, -0.05) is 0 Å². The predicted molar refractivity (Wildman–Crippen MR) is 90.4 cm³/mol. The van der Waals surface area contributed by atoms with Crippen molar-refractivity contribution in [3.8, 4) is 11.8 Å². The SMILES string of the molecule is CC(C)Oc1ccc(NC(=O)CNc2cc(C#N)ccc2F)cc1. The zero-order valence-electron chi connectivity index (χ0n) is 13.5. The molecule has 0 aliphatic carbocycles. The summed E-state index contributed by atoms with van der Waals surface area (Å²) in [6, 6.07) is 12.8. The van der Waals surface area contributed by atoms with Gasteiger partial charge in [-0.2, -0.15) is 5.26 Å². The van der Waals surface area contributed by atoms with Gasteiger partial charge in [0.15, 0.2) is 0 Å². The molecule has 0 unspecified atom stereocenters. The van der Waals surface area contributed by atoms with Gasteiger partial charge >= 0.3 is 0 Å². The van der Waals surface area contributed by atoms with Crippen molar-refractivity contribution in [2.75, 3.05) is 17.2 Å². The molecule has 2 aromatic carbocycles. The van der Waals surface area contributed by atoms with Crippen LogP contribution in [-0.2, 0) is 4.79 Å². The Labute approximate surface area is 140 Å². The summed E-state index contributed by atoms with van der Waals surface area (Å²) in [6.45, 7) is 3.75. The lowest BCUT2D eigenvalue weighted by Crippen LogP contribution is -2.22. The Balaban J connectivity index is 1.91. The summed E-state index contributed by atoms with van der Waals surface area (Å²) < 4.78 is 19.1. The predicted octanol–water partition coefficient (Wildman–Crippen LogP) is 3.54. The van der Waals surface area contributed by atoms with E-state index >= 15 is 0 Å². The summed E-state index contributed by atoms with van der Waals surface area (Å²) in [4.78, 5) is 11.9. The molecule has 0 aliphatic heterocycles. The van der Waals surface area contributed by atoms with Crippen LogP contribution in [0.2, 0.25) is 0 Å². The topological polar surface area (TPSA) is 74.2 Å². The van der Waals surface area contributed by atoms with Crippen molar-refractivity contribution in [2.45, 2.75) is 20.0 Å². The van der Waals surface area contributed by atoms with E-state index in [4.69, 9.17) is 10.00 Å². The van der Waals surface area contributed by atoms with E-state index in [0.717, 1.165) is 5.75 Å². The second-order valence-corrected chi connectivity index (χ2v) is 5.40. The monoisotopic (exact) mass is 327 g/mol. The number of hydrogen-bond acceptors (Lipinski definition) is 4. The molecule has 2 rings (SSSR count). The van der Waals surface area contributed by atoms with E-state index in [1.165, 1.54) is 18.2 Å². The van der Waals surface area contributed by atoms with Crippen LogP contribution < -0.4 is 15.4 Å². The van der Waals surface area contributed by atoms with Crippen molar-refractivity contribution in [2.24, 2.45) is 0 Å². The van der Waals surface area contributed by atoms with E-state index in [9.17, 15) is 9.18 Å². The fourth-order valence-corrected chi connectivity index (χ4v) is 2.00. The number of halogens is 1. The smallest absolute Gasteiger partial charge is 0.243 e. The number of nitrogens with one attached hydrogen (secondary N) is 2. The first-order valence-corrected chi connectivity index (χ1v) is 7.48. The number of carbonyl (C=O) groups is 1. The van der Waals surface area contributed by atoms with Crippen molar-refractivity contribution in [3.63, 3.8) is 0 Å². The van der Waals surface area contributed by atoms with Crippen molar-refractivity contribution in [1.29, 1.82) is 5.26 Å². The number of ether oxygens (including phenoxy) is 1. The Bertz CT molecular complexity index is 752. The average molecular weight is 327 g/mol. The molecule has 6 heteroatoms. The first-order chi connectivity index (χ1) is 11.5. The second kappa shape index (κ2) is 7.97. The first kappa shape index (κ1) is 17.3. The minimum absolute atomic E-state index is 0.0775. The van der Waals surface area contributed by atoms with E-state index in [1.807, 2.05) is 19.9 Å². The molecule has 2 aromatic rings. The number of nitrogens with zero attached hydrogens (tertiary/aromatic N) is 1. The Morgan fingerprint density at radius 3 is 2.58 bits per heavy atom. The number of carbonyl (C=O) groups excluding carboxylic acids is 1. The largest absolute Gasteiger partial charge is 0.491 e. The maximum Gasteiger partial charge on any atom is 0.243 e. The van der Waals surface area contributed by atoms with Crippen molar-refractivity contribution in [1.82, 2.24) is 0 Å². The van der Waals surface area contributed by atoms with Crippen LogP contribution in [0.15, 0.2) is 42.5 Å². The molecule has 0 bridgehead atoms. The first-order valence-electron chi connectivity index (χ1n) is 7.48. The molecule has 124 valence electrons. The van der Waals surface area contributed by atoms with Gasteiger partial charge in [0.25, 0.3) is 0 Å². The maximum atomic E-state index is 13.6. The summed E-state index contributed by atoms with van der Waals surface area (Å²) in [5.41, 5.74) is 1.05. The molecule has 0 atom stereocenters. The second-order valence-electron chi connectivity index (χ2n) is 5.40. The van der Waals surface area contributed by atoms with Crippen LogP contribution in [0.4, 0.5) is 15.8 Å². The summed E-state index contributed by atoms with van der Waals surface area (Å²) in [7, 11) is 0. The molecule has 0 saturated carbocycles. The molecule has 0 spiro atoms. The minimum atomic E-state index is -0.517. The van der Waals surface area contributed by atoms with Crippen molar-refractivity contribution in [3.05, 3.63) is 53.8 Å². The van der Waals surface area contributed by atoms with Gasteiger partial charge in [0.05, 0.1) is 30.0 Å². The fraction of sp³-hybridized carbons (Fsp3) is 0.222. The van der Waals surface area contributed by atoms with Gasteiger partial charge in [-0.3, -0.25) is 4.79 Å². The molecule has 0 aliphatic rings. The summed E-state index contributed by atoms with van der Waals surface area (Å²) >= 11 is 0. The highest BCUT2D eigenvalue weighted by Crippen LogP contribution is 2.18. The van der Waals surface area contributed by atoms with Gasteiger partial charge in [-0.05, 0) is 56.3 Å². The lowest BCUT2D eigenvalue weighted by Gasteiger charge is -2.11. The van der Waals surface area contributed by atoms with Gasteiger partial charge in [0.1, 0.15) is 11.6 Å². The lowest BCUT2D eigenvalue weighted by atomic mass is 10.2. The standard InChI is InChI=1S/C18H18FN3O2/c1-12(2)24-15-6-4-14(5-7-15)22-18(23)11-21-17-9-13(10-20)3-8-16(17)19/h3-9,12,21H,11H2,1-2H3,(H,22,23). The number of rotatable bonds is 6. The number of hydrogen-bond donors (Lipinski definition) is 2. The molecular formula is C18H18FN3O2.